The lowest BCUT2D eigenvalue weighted by molar-refractivity contribution is -0.118. The number of para-hydroxylation sites is 1. The minimum Gasteiger partial charge on any atom is -0.493 e. The van der Waals surface area contributed by atoms with Crippen molar-refractivity contribution in [1.29, 1.82) is 0 Å². The number of hydrogen-bond acceptors (Lipinski definition) is 9. The first-order valence-electron chi connectivity index (χ1n) is 12.3. The SMILES string of the molecule is COc1cc(C2=NOC(c3ccc(C)c(OCC(=O)Nc4nc5c(C)cccc5s4)c3)C2)cc(OC)c1OC. The van der Waals surface area contributed by atoms with Crippen molar-refractivity contribution in [3.8, 4) is 23.0 Å². The molecule has 0 saturated carbocycles. The third-order valence-electron chi connectivity index (χ3n) is 6.48. The lowest BCUT2D eigenvalue weighted by atomic mass is 9.98. The van der Waals surface area contributed by atoms with Gasteiger partial charge in [0, 0.05) is 12.0 Å². The zero-order valence-electron chi connectivity index (χ0n) is 22.4. The Morgan fingerprint density at radius 3 is 2.46 bits per heavy atom. The number of nitrogens with one attached hydrogen (secondary N) is 1. The number of hydrogen-bond donors (Lipinski definition) is 1. The van der Waals surface area contributed by atoms with Crippen LogP contribution < -0.4 is 24.3 Å². The molecule has 2 heterocycles. The first kappa shape index (κ1) is 26.3. The average molecular weight is 548 g/mol. The van der Waals surface area contributed by atoms with Gasteiger partial charge < -0.3 is 23.8 Å². The van der Waals surface area contributed by atoms with Gasteiger partial charge in [-0.1, -0.05) is 40.8 Å². The van der Waals surface area contributed by atoms with Crippen molar-refractivity contribution >= 4 is 38.3 Å². The molecule has 1 amide bonds. The Morgan fingerprint density at radius 1 is 1.00 bits per heavy atom. The number of amides is 1. The highest BCUT2D eigenvalue weighted by Gasteiger charge is 2.27. The standard InChI is InChI=1S/C29H29N3O6S/c1-16-9-10-18(22-14-20(32-38-22)19-12-23(34-3)28(36-5)24(13-19)35-4)11-21(16)37-15-26(33)30-29-31-27-17(2)7-6-8-25(27)39-29/h6-13,22H,14-15H2,1-5H3,(H,30,31,33). The van der Waals surface area contributed by atoms with Gasteiger partial charge in [0.15, 0.2) is 29.3 Å². The quantitative estimate of drug-likeness (QED) is 0.282. The van der Waals surface area contributed by atoms with Gasteiger partial charge in [0.25, 0.3) is 5.91 Å². The van der Waals surface area contributed by atoms with E-state index in [2.05, 4.69) is 15.5 Å². The maximum Gasteiger partial charge on any atom is 0.264 e. The fraction of sp³-hybridized carbons (Fsp3) is 0.276. The summed E-state index contributed by atoms with van der Waals surface area (Å²) in [7, 11) is 4.71. The number of rotatable bonds is 9. The van der Waals surface area contributed by atoms with E-state index in [0.717, 1.165) is 38.2 Å². The summed E-state index contributed by atoms with van der Waals surface area (Å²) in [5.74, 6) is 1.93. The summed E-state index contributed by atoms with van der Waals surface area (Å²) in [6, 6.07) is 15.5. The average Bonchev–Trinajstić information content (AvgIpc) is 3.60. The molecule has 1 unspecified atom stereocenters. The smallest absolute Gasteiger partial charge is 0.264 e. The van der Waals surface area contributed by atoms with E-state index < -0.39 is 0 Å². The van der Waals surface area contributed by atoms with Crippen LogP contribution in [0.4, 0.5) is 5.13 Å². The molecule has 0 spiro atoms. The molecule has 0 fully saturated rings. The molecule has 0 saturated heterocycles. The summed E-state index contributed by atoms with van der Waals surface area (Å²) < 4.78 is 23.3. The predicted molar refractivity (Wildman–Crippen MR) is 151 cm³/mol. The number of nitrogens with zero attached hydrogens (tertiary/aromatic N) is 2. The van der Waals surface area contributed by atoms with Crippen LogP contribution in [0.2, 0.25) is 0 Å². The van der Waals surface area contributed by atoms with Crippen LogP contribution in [-0.4, -0.2) is 44.5 Å². The Bertz CT molecular complexity index is 1540. The number of ether oxygens (including phenoxy) is 4. The van der Waals surface area contributed by atoms with Crippen molar-refractivity contribution in [3.63, 3.8) is 0 Å². The normalized spacial score (nSPS) is 14.5. The molecule has 4 aromatic rings. The van der Waals surface area contributed by atoms with Gasteiger partial charge >= 0.3 is 0 Å². The number of oxime groups is 1. The molecule has 1 aromatic heterocycles. The highest BCUT2D eigenvalue weighted by atomic mass is 32.1. The summed E-state index contributed by atoms with van der Waals surface area (Å²) >= 11 is 1.44. The zero-order chi connectivity index (χ0) is 27.5. The molecule has 39 heavy (non-hydrogen) atoms. The highest BCUT2D eigenvalue weighted by Crippen LogP contribution is 2.40. The largest absolute Gasteiger partial charge is 0.493 e. The number of aryl methyl sites for hydroxylation is 2. The molecule has 1 aliphatic rings. The fourth-order valence-electron chi connectivity index (χ4n) is 4.39. The predicted octanol–water partition coefficient (Wildman–Crippen LogP) is 5.82. The molecule has 202 valence electrons. The summed E-state index contributed by atoms with van der Waals surface area (Å²) in [5, 5.41) is 7.71. The van der Waals surface area contributed by atoms with Gasteiger partial charge in [-0.2, -0.15) is 0 Å². The number of thiazole rings is 1. The van der Waals surface area contributed by atoms with E-state index in [1.165, 1.54) is 11.3 Å². The van der Waals surface area contributed by atoms with Crippen molar-refractivity contribution in [1.82, 2.24) is 4.98 Å². The van der Waals surface area contributed by atoms with Crippen LogP contribution in [-0.2, 0) is 9.63 Å². The first-order chi connectivity index (χ1) is 18.9. The molecular weight excluding hydrogens is 518 g/mol. The van der Waals surface area contributed by atoms with Crippen LogP contribution in [0.1, 0.15) is 34.8 Å². The van der Waals surface area contributed by atoms with E-state index in [-0.39, 0.29) is 18.6 Å². The Labute approximate surface area is 230 Å². The van der Waals surface area contributed by atoms with Gasteiger partial charge in [0.05, 0.1) is 37.3 Å². The lowest BCUT2D eigenvalue weighted by Crippen LogP contribution is -2.20. The number of anilines is 1. The van der Waals surface area contributed by atoms with Gasteiger partial charge in [-0.25, -0.2) is 4.98 Å². The van der Waals surface area contributed by atoms with E-state index in [1.54, 1.807) is 21.3 Å². The summed E-state index contributed by atoms with van der Waals surface area (Å²) in [4.78, 5) is 22.9. The van der Waals surface area contributed by atoms with Crippen LogP contribution in [0.5, 0.6) is 23.0 Å². The maximum atomic E-state index is 12.6. The Kier molecular flexibility index (Phi) is 7.56. The van der Waals surface area contributed by atoms with Crippen molar-refractivity contribution in [3.05, 3.63) is 70.8 Å². The number of benzene rings is 3. The summed E-state index contributed by atoms with van der Waals surface area (Å²) in [6.07, 6.45) is 0.236. The van der Waals surface area contributed by atoms with Crippen LogP contribution in [0.15, 0.2) is 53.7 Å². The van der Waals surface area contributed by atoms with Crippen LogP contribution in [0.3, 0.4) is 0 Å². The molecule has 5 rings (SSSR count). The molecule has 10 heteroatoms. The van der Waals surface area contributed by atoms with Crippen LogP contribution in [0, 0.1) is 13.8 Å². The van der Waals surface area contributed by atoms with Gasteiger partial charge in [0.1, 0.15) is 5.75 Å². The second kappa shape index (κ2) is 11.2. The van der Waals surface area contributed by atoms with Gasteiger partial charge in [-0.15, -0.1) is 0 Å². The minimum atomic E-state index is -0.304. The second-order valence-electron chi connectivity index (χ2n) is 9.05. The Morgan fingerprint density at radius 2 is 1.77 bits per heavy atom. The van der Waals surface area contributed by atoms with Gasteiger partial charge in [0.2, 0.25) is 5.75 Å². The van der Waals surface area contributed by atoms with E-state index in [1.807, 2.05) is 62.4 Å². The maximum absolute atomic E-state index is 12.6. The monoisotopic (exact) mass is 547 g/mol. The Balaban J connectivity index is 1.25. The third kappa shape index (κ3) is 5.46. The second-order valence-corrected chi connectivity index (χ2v) is 10.1. The molecule has 9 nitrogen and oxygen atoms in total. The van der Waals surface area contributed by atoms with Crippen molar-refractivity contribution in [2.24, 2.45) is 5.16 Å². The molecule has 1 aliphatic heterocycles. The number of carbonyl (C=O) groups excluding carboxylic acids is 1. The minimum absolute atomic E-state index is 0.141. The zero-order valence-corrected chi connectivity index (χ0v) is 23.2. The van der Waals surface area contributed by atoms with E-state index in [0.29, 0.717) is 34.6 Å². The van der Waals surface area contributed by atoms with E-state index in [9.17, 15) is 4.79 Å². The van der Waals surface area contributed by atoms with E-state index >= 15 is 0 Å². The van der Waals surface area contributed by atoms with E-state index in [4.69, 9.17) is 23.8 Å². The summed E-state index contributed by atoms with van der Waals surface area (Å²) in [6.45, 7) is 3.79. The molecule has 1 N–H and O–H groups in total. The van der Waals surface area contributed by atoms with Crippen molar-refractivity contribution in [2.75, 3.05) is 33.3 Å². The summed E-state index contributed by atoms with van der Waals surface area (Å²) in [5.41, 5.74) is 5.34. The highest BCUT2D eigenvalue weighted by molar-refractivity contribution is 7.22. The molecule has 0 aliphatic carbocycles. The van der Waals surface area contributed by atoms with Gasteiger partial charge in [-0.3, -0.25) is 10.1 Å². The fourth-order valence-corrected chi connectivity index (χ4v) is 5.35. The lowest BCUT2D eigenvalue weighted by Gasteiger charge is -2.14. The molecular formula is C29H29N3O6S. The third-order valence-corrected chi connectivity index (χ3v) is 7.41. The first-order valence-corrected chi connectivity index (χ1v) is 13.1. The molecule has 1 atom stereocenters. The van der Waals surface area contributed by atoms with Crippen molar-refractivity contribution < 1.29 is 28.6 Å². The van der Waals surface area contributed by atoms with Crippen LogP contribution >= 0.6 is 11.3 Å². The van der Waals surface area contributed by atoms with Gasteiger partial charge in [-0.05, 0) is 54.8 Å². The molecule has 0 radical (unpaired) electrons. The number of aromatic nitrogens is 1. The number of methoxy groups -OCH3 is 3. The Hall–Kier alpha value is -4.31. The topological polar surface area (TPSA) is 100 Å². The molecule has 0 bridgehead atoms. The number of fused-ring (bicyclic) bond motifs is 1. The van der Waals surface area contributed by atoms with Crippen LogP contribution in [0.25, 0.3) is 10.2 Å². The number of carbonyl (C=O) groups is 1. The van der Waals surface area contributed by atoms with Crippen molar-refractivity contribution in [2.45, 2.75) is 26.4 Å². The molecule has 3 aromatic carbocycles.